The van der Waals surface area contributed by atoms with Crippen LogP contribution < -0.4 is 5.32 Å². The minimum atomic E-state index is 0.654. The van der Waals surface area contributed by atoms with Crippen molar-refractivity contribution in [3.63, 3.8) is 0 Å². The molecule has 0 radical (unpaired) electrons. The highest BCUT2D eigenvalue weighted by molar-refractivity contribution is 6.33. The zero-order valence-corrected chi connectivity index (χ0v) is 12.6. The molecule has 4 nitrogen and oxygen atoms in total. The summed E-state index contributed by atoms with van der Waals surface area (Å²) in [6.07, 6.45) is 1.57. The van der Waals surface area contributed by atoms with E-state index in [1.54, 1.807) is 6.33 Å². The number of nitrogens with zero attached hydrogens (tertiary/aromatic N) is 2. The molecule has 0 unspecified atom stereocenters. The van der Waals surface area contributed by atoms with Crippen molar-refractivity contribution in [1.29, 1.82) is 0 Å². The van der Waals surface area contributed by atoms with E-state index in [0.29, 0.717) is 10.8 Å². The van der Waals surface area contributed by atoms with Gasteiger partial charge in [0, 0.05) is 10.9 Å². The molecule has 4 rings (SSSR count). The summed E-state index contributed by atoms with van der Waals surface area (Å²) in [7, 11) is 0. The molecule has 0 bridgehead atoms. The van der Waals surface area contributed by atoms with E-state index in [9.17, 15) is 0 Å². The van der Waals surface area contributed by atoms with E-state index in [4.69, 9.17) is 11.6 Å². The van der Waals surface area contributed by atoms with Gasteiger partial charge in [-0.1, -0.05) is 35.4 Å². The monoisotopic (exact) mass is 308 g/mol. The van der Waals surface area contributed by atoms with Crippen LogP contribution in [0.25, 0.3) is 21.9 Å². The van der Waals surface area contributed by atoms with Crippen molar-refractivity contribution in [1.82, 2.24) is 15.0 Å². The molecule has 2 N–H and O–H groups in total. The Kier molecular flexibility index (Phi) is 2.98. The summed E-state index contributed by atoms with van der Waals surface area (Å²) >= 11 is 6.21. The van der Waals surface area contributed by atoms with Gasteiger partial charge in [0.05, 0.1) is 10.7 Å². The average molecular weight is 309 g/mol. The maximum atomic E-state index is 6.21. The lowest BCUT2D eigenvalue weighted by molar-refractivity contribution is 1.22. The fourth-order valence-electron chi connectivity index (χ4n) is 2.59. The quantitative estimate of drug-likeness (QED) is 0.558. The highest BCUT2D eigenvalue weighted by atomic mass is 35.5. The van der Waals surface area contributed by atoms with Crippen molar-refractivity contribution in [3.05, 3.63) is 59.4 Å². The lowest BCUT2D eigenvalue weighted by Gasteiger charge is -2.07. The Bertz CT molecular complexity index is 990. The third kappa shape index (κ3) is 2.09. The van der Waals surface area contributed by atoms with Crippen LogP contribution in [-0.2, 0) is 0 Å². The third-order valence-electron chi connectivity index (χ3n) is 3.66. The number of anilines is 2. The molecule has 0 saturated heterocycles. The van der Waals surface area contributed by atoms with Crippen molar-refractivity contribution in [3.8, 4) is 0 Å². The van der Waals surface area contributed by atoms with Gasteiger partial charge in [-0.25, -0.2) is 9.97 Å². The largest absolute Gasteiger partial charge is 0.350 e. The number of hydrogen-bond acceptors (Lipinski definition) is 3. The maximum absolute atomic E-state index is 6.21. The molecule has 0 fully saturated rings. The van der Waals surface area contributed by atoms with Gasteiger partial charge in [0.2, 0.25) is 0 Å². The minimum Gasteiger partial charge on any atom is -0.350 e. The fourth-order valence-corrected chi connectivity index (χ4v) is 2.77. The number of nitrogens with one attached hydrogen (secondary N) is 2. The Morgan fingerprint density at radius 2 is 1.95 bits per heavy atom. The molecule has 108 valence electrons. The van der Waals surface area contributed by atoms with Gasteiger partial charge in [-0.05, 0) is 31.2 Å². The average Bonchev–Trinajstić information content (AvgIpc) is 2.89. The van der Waals surface area contributed by atoms with E-state index in [0.717, 1.165) is 27.6 Å². The second-order valence-corrected chi connectivity index (χ2v) is 5.63. The number of benzene rings is 2. The number of aromatic amines is 1. The SMILES string of the molecule is Cc1ccc2[nH]c3c(Nc4ccccc4Cl)ncnc3c2c1. The van der Waals surface area contributed by atoms with Gasteiger partial charge in [0.15, 0.2) is 5.82 Å². The molecule has 0 atom stereocenters. The Labute approximate surface area is 132 Å². The normalized spacial score (nSPS) is 11.2. The van der Waals surface area contributed by atoms with Crippen LogP contribution in [0.5, 0.6) is 0 Å². The number of aryl methyl sites for hydroxylation is 1. The van der Waals surface area contributed by atoms with E-state index in [2.05, 4.69) is 45.4 Å². The van der Waals surface area contributed by atoms with Gasteiger partial charge < -0.3 is 10.3 Å². The molecule has 2 aromatic carbocycles. The first-order valence-corrected chi connectivity index (χ1v) is 7.35. The molecule has 22 heavy (non-hydrogen) atoms. The summed E-state index contributed by atoms with van der Waals surface area (Å²) in [5, 5.41) is 5.03. The number of H-pyrrole nitrogens is 1. The molecule has 4 aromatic rings. The van der Waals surface area contributed by atoms with E-state index >= 15 is 0 Å². The van der Waals surface area contributed by atoms with E-state index in [-0.39, 0.29) is 0 Å². The van der Waals surface area contributed by atoms with Gasteiger partial charge >= 0.3 is 0 Å². The standard InChI is InChI=1S/C17H13ClN4/c1-10-6-7-13-11(8-10)15-16(21-13)17(20-9-19-15)22-14-5-3-2-4-12(14)18/h2-9,21H,1H3,(H,19,20,22). The Hall–Kier alpha value is -2.59. The number of halogens is 1. The molecule has 0 aliphatic heterocycles. The maximum Gasteiger partial charge on any atom is 0.158 e. The second kappa shape index (κ2) is 5.00. The first-order valence-electron chi connectivity index (χ1n) is 6.97. The Morgan fingerprint density at radius 1 is 1.09 bits per heavy atom. The number of aromatic nitrogens is 3. The number of para-hydroxylation sites is 1. The molecule has 2 aromatic heterocycles. The van der Waals surface area contributed by atoms with Gasteiger partial charge in [0.1, 0.15) is 17.4 Å². The summed E-state index contributed by atoms with van der Waals surface area (Å²) in [4.78, 5) is 12.2. The van der Waals surface area contributed by atoms with Gasteiger partial charge in [-0.2, -0.15) is 0 Å². The van der Waals surface area contributed by atoms with Crippen molar-refractivity contribution < 1.29 is 0 Å². The summed E-state index contributed by atoms with van der Waals surface area (Å²) in [5.41, 5.74) is 4.85. The van der Waals surface area contributed by atoms with Crippen LogP contribution in [0.4, 0.5) is 11.5 Å². The zero-order chi connectivity index (χ0) is 15.1. The third-order valence-corrected chi connectivity index (χ3v) is 3.99. The molecule has 5 heteroatoms. The summed E-state index contributed by atoms with van der Waals surface area (Å²) in [5.74, 6) is 0.715. The van der Waals surface area contributed by atoms with Gasteiger partial charge in [-0.3, -0.25) is 0 Å². The van der Waals surface area contributed by atoms with Crippen LogP contribution in [0.1, 0.15) is 5.56 Å². The van der Waals surface area contributed by atoms with E-state index in [1.807, 2.05) is 24.3 Å². The lowest BCUT2D eigenvalue weighted by atomic mass is 10.1. The highest BCUT2D eigenvalue weighted by Crippen LogP contribution is 2.31. The highest BCUT2D eigenvalue weighted by Gasteiger charge is 2.11. The van der Waals surface area contributed by atoms with Crippen molar-refractivity contribution >= 4 is 45.0 Å². The van der Waals surface area contributed by atoms with Crippen LogP contribution in [0.3, 0.4) is 0 Å². The van der Waals surface area contributed by atoms with Crippen LogP contribution in [0.2, 0.25) is 5.02 Å². The van der Waals surface area contributed by atoms with Crippen molar-refractivity contribution in [2.24, 2.45) is 0 Å². The predicted octanol–water partition coefficient (Wildman–Crippen LogP) is 4.82. The van der Waals surface area contributed by atoms with Crippen LogP contribution in [0, 0.1) is 6.92 Å². The van der Waals surface area contributed by atoms with E-state index < -0.39 is 0 Å². The molecule has 0 aliphatic rings. The number of hydrogen-bond donors (Lipinski definition) is 2. The Balaban J connectivity index is 1.91. The first-order chi connectivity index (χ1) is 10.7. The lowest BCUT2D eigenvalue weighted by Crippen LogP contribution is -1.96. The fraction of sp³-hybridized carbons (Fsp3) is 0.0588. The van der Waals surface area contributed by atoms with Crippen LogP contribution in [0.15, 0.2) is 48.8 Å². The molecular formula is C17H13ClN4. The van der Waals surface area contributed by atoms with Crippen molar-refractivity contribution in [2.45, 2.75) is 6.92 Å². The predicted molar refractivity (Wildman–Crippen MR) is 90.9 cm³/mol. The van der Waals surface area contributed by atoms with Crippen LogP contribution in [-0.4, -0.2) is 15.0 Å². The van der Waals surface area contributed by atoms with Crippen LogP contribution >= 0.6 is 11.6 Å². The first kappa shape index (κ1) is 13.1. The summed E-state index contributed by atoms with van der Waals surface area (Å²) in [6, 6.07) is 13.9. The molecule has 2 heterocycles. The molecule has 0 spiro atoms. The van der Waals surface area contributed by atoms with Crippen molar-refractivity contribution in [2.75, 3.05) is 5.32 Å². The van der Waals surface area contributed by atoms with E-state index in [1.165, 1.54) is 5.56 Å². The number of rotatable bonds is 2. The molecule has 0 saturated carbocycles. The topological polar surface area (TPSA) is 53.6 Å². The smallest absolute Gasteiger partial charge is 0.158 e. The van der Waals surface area contributed by atoms with Gasteiger partial charge in [-0.15, -0.1) is 0 Å². The summed E-state index contributed by atoms with van der Waals surface area (Å²) in [6.45, 7) is 2.07. The second-order valence-electron chi connectivity index (χ2n) is 5.22. The number of fused-ring (bicyclic) bond motifs is 3. The minimum absolute atomic E-state index is 0.654. The molecule has 0 amide bonds. The molecular weight excluding hydrogens is 296 g/mol. The Morgan fingerprint density at radius 3 is 2.82 bits per heavy atom. The molecule has 0 aliphatic carbocycles. The zero-order valence-electron chi connectivity index (χ0n) is 11.9. The van der Waals surface area contributed by atoms with Gasteiger partial charge in [0.25, 0.3) is 0 Å². The summed E-state index contributed by atoms with van der Waals surface area (Å²) < 4.78 is 0.